The van der Waals surface area contributed by atoms with Crippen molar-refractivity contribution >= 4 is 0 Å². The second-order valence-corrected chi connectivity index (χ2v) is 2.07. The number of likely N-dealkylation sites (N-methyl/N-ethyl adjacent to an activating group) is 1. The zero-order valence-electron chi connectivity index (χ0n) is 7.26. The van der Waals surface area contributed by atoms with Gasteiger partial charge < -0.3 is 10.0 Å². The van der Waals surface area contributed by atoms with Crippen LogP contribution in [0.3, 0.4) is 0 Å². The number of aliphatic hydroxyl groups excluding tert-OH is 1. The molecule has 0 aliphatic heterocycles. The van der Waals surface area contributed by atoms with E-state index in [0.717, 1.165) is 0 Å². The zero-order chi connectivity index (χ0) is 8.57. The van der Waals surface area contributed by atoms with Gasteiger partial charge in [-0.25, -0.2) is 4.39 Å². The van der Waals surface area contributed by atoms with E-state index in [0.29, 0.717) is 6.54 Å². The van der Waals surface area contributed by atoms with Crippen molar-refractivity contribution in [1.29, 1.82) is 0 Å². The van der Waals surface area contributed by atoms with Crippen LogP contribution < -0.4 is 0 Å². The van der Waals surface area contributed by atoms with Gasteiger partial charge in [-0.05, 0) is 14.1 Å². The van der Waals surface area contributed by atoms with E-state index in [4.69, 9.17) is 5.11 Å². The molecular formula is C7H18FNO. The molecule has 0 aliphatic rings. The zero-order valence-corrected chi connectivity index (χ0v) is 7.26. The molecule has 0 aromatic carbocycles. The Morgan fingerprint density at radius 2 is 1.80 bits per heavy atom. The van der Waals surface area contributed by atoms with Crippen molar-refractivity contribution in [2.24, 2.45) is 0 Å². The molecule has 0 bridgehead atoms. The van der Waals surface area contributed by atoms with Gasteiger partial charge in [0, 0.05) is 6.54 Å². The van der Waals surface area contributed by atoms with Crippen LogP contribution in [-0.2, 0) is 0 Å². The van der Waals surface area contributed by atoms with E-state index in [2.05, 4.69) is 0 Å². The maximum atomic E-state index is 11.5. The van der Waals surface area contributed by atoms with Crippen molar-refractivity contribution < 1.29 is 9.50 Å². The van der Waals surface area contributed by atoms with Crippen LogP contribution in [0.1, 0.15) is 13.8 Å². The summed E-state index contributed by atoms with van der Waals surface area (Å²) < 4.78 is 11.5. The van der Waals surface area contributed by atoms with E-state index >= 15 is 0 Å². The summed E-state index contributed by atoms with van der Waals surface area (Å²) in [4.78, 5) is 1.74. The molecule has 0 heterocycles. The maximum absolute atomic E-state index is 11.5. The Morgan fingerprint density at radius 1 is 1.40 bits per heavy atom. The van der Waals surface area contributed by atoms with E-state index < -0.39 is 12.8 Å². The van der Waals surface area contributed by atoms with E-state index in [1.54, 1.807) is 19.0 Å². The fourth-order valence-corrected chi connectivity index (χ4v) is 0.470. The summed E-state index contributed by atoms with van der Waals surface area (Å²) in [6.07, 6.45) is -0.815. The number of halogens is 1. The first-order valence-corrected chi connectivity index (χ1v) is 3.55. The van der Waals surface area contributed by atoms with Gasteiger partial charge in [0.1, 0.15) is 6.67 Å². The van der Waals surface area contributed by atoms with Gasteiger partial charge in [0.05, 0.1) is 6.10 Å². The summed E-state index contributed by atoms with van der Waals surface area (Å²) in [5, 5.41) is 8.61. The van der Waals surface area contributed by atoms with E-state index in [1.165, 1.54) is 0 Å². The molecular weight excluding hydrogens is 133 g/mol. The normalized spacial score (nSPS) is 12.3. The second kappa shape index (κ2) is 8.85. The highest BCUT2D eigenvalue weighted by atomic mass is 19.1. The van der Waals surface area contributed by atoms with E-state index in [-0.39, 0.29) is 0 Å². The molecule has 0 aliphatic carbocycles. The Morgan fingerprint density at radius 3 is 1.90 bits per heavy atom. The molecule has 64 valence electrons. The van der Waals surface area contributed by atoms with Gasteiger partial charge in [-0.3, -0.25) is 0 Å². The largest absolute Gasteiger partial charge is 0.389 e. The molecule has 0 aromatic rings. The standard InChI is InChI=1S/C5H12FNO.C2H6/c1-7(2)4-5(8)3-6;1-2/h5,8H,3-4H2,1-2H3;1-2H3. The Hall–Kier alpha value is -0.150. The molecule has 1 atom stereocenters. The van der Waals surface area contributed by atoms with Crippen LogP contribution >= 0.6 is 0 Å². The summed E-state index contributed by atoms with van der Waals surface area (Å²) >= 11 is 0. The van der Waals surface area contributed by atoms with Gasteiger partial charge in [0.2, 0.25) is 0 Å². The summed E-state index contributed by atoms with van der Waals surface area (Å²) in [5.74, 6) is 0. The maximum Gasteiger partial charge on any atom is 0.117 e. The molecule has 0 aromatic heterocycles. The molecule has 10 heavy (non-hydrogen) atoms. The van der Waals surface area contributed by atoms with Gasteiger partial charge >= 0.3 is 0 Å². The van der Waals surface area contributed by atoms with Crippen molar-refractivity contribution in [1.82, 2.24) is 4.90 Å². The predicted octanol–water partition coefficient (Wildman–Crippen LogP) is 0.905. The van der Waals surface area contributed by atoms with Crippen LogP contribution in [-0.4, -0.2) is 43.4 Å². The van der Waals surface area contributed by atoms with Crippen molar-refractivity contribution in [3.8, 4) is 0 Å². The molecule has 1 N–H and O–H groups in total. The Bertz CT molecular complexity index is 59.6. The van der Waals surface area contributed by atoms with Crippen molar-refractivity contribution in [3.05, 3.63) is 0 Å². The SMILES string of the molecule is CC.CN(C)CC(O)CF. The predicted molar refractivity (Wildman–Crippen MR) is 41.9 cm³/mol. The molecule has 2 nitrogen and oxygen atoms in total. The average molecular weight is 151 g/mol. The minimum absolute atomic E-state index is 0.399. The summed E-state index contributed by atoms with van der Waals surface area (Å²) in [5.41, 5.74) is 0. The van der Waals surface area contributed by atoms with Crippen molar-refractivity contribution in [2.75, 3.05) is 27.3 Å². The summed E-state index contributed by atoms with van der Waals surface area (Å²) in [7, 11) is 3.58. The molecule has 0 rings (SSSR count). The molecule has 1 unspecified atom stereocenters. The lowest BCUT2D eigenvalue weighted by atomic mass is 10.4. The highest BCUT2D eigenvalue weighted by molar-refractivity contribution is 4.54. The van der Waals surface area contributed by atoms with Crippen molar-refractivity contribution in [2.45, 2.75) is 20.0 Å². The second-order valence-electron chi connectivity index (χ2n) is 2.07. The molecule has 0 spiro atoms. The Labute approximate surface area is 62.7 Å². The van der Waals surface area contributed by atoms with Gasteiger partial charge in [-0.15, -0.1) is 0 Å². The lowest BCUT2D eigenvalue weighted by Crippen LogP contribution is -2.26. The van der Waals surface area contributed by atoms with Crippen LogP contribution in [0.5, 0.6) is 0 Å². The quantitative estimate of drug-likeness (QED) is 0.648. The minimum Gasteiger partial charge on any atom is -0.389 e. The van der Waals surface area contributed by atoms with Gasteiger partial charge in [-0.1, -0.05) is 13.8 Å². The molecule has 0 radical (unpaired) electrons. The fraction of sp³-hybridized carbons (Fsp3) is 1.00. The number of nitrogens with zero attached hydrogens (tertiary/aromatic N) is 1. The van der Waals surface area contributed by atoms with Crippen LogP contribution in [0, 0.1) is 0 Å². The number of aliphatic hydroxyl groups is 1. The monoisotopic (exact) mass is 151 g/mol. The van der Waals surface area contributed by atoms with Crippen LogP contribution in [0.25, 0.3) is 0 Å². The molecule has 3 heteroatoms. The van der Waals surface area contributed by atoms with Crippen molar-refractivity contribution in [3.63, 3.8) is 0 Å². The van der Waals surface area contributed by atoms with Crippen LogP contribution in [0.4, 0.5) is 4.39 Å². The average Bonchev–Trinajstić information content (AvgIpc) is 1.91. The molecule has 0 amide bonds. The first-order valence-electron chi connectivity index (χ1n) is 3.55. The van der Waals surface area contributed by atoms with Gasteiger partial charge in [0.15, 0.2) is 0 Å². The molecule has 0 saturated heterocycles. The van der Waals surface area contributed by atoms with Gasteiger partial charge in [0.25, 0.3) is 0 Å². The third-order valence-electron chi connectivity index (χ3n) is 0.754. The lowest BCUT2D eigenvalue weighted by molar-refractivity contribution is 0.109. The summed E-state index contributed by atoms with van der Waals surface area (Å²) in [6.45, 7) is 3.74. The minimum atomic E-state index is -0.815. The first kappa shape index (κ1) is 12.5. The Kier molecular flexibility index (Phi) is 11.1. The number of rotatable bonds is 3. The van der Waals surface area contributed by atoms with E-state index in [9.17, 15) is 4.39 Å². The highest BCUT2D eigenvalue weighted by Gasteiger charge is 2.01. The third kappa shape index (κ3) is 10.8. The highest BCUT2D eigenvalue weighted by Crippen LogP contribution is 1.85. The molecule has 0 saturated carbocycles. The topological polar surface area (TPSA) is 23.5 Å². The summed E-state index contributed by atoms with van der Waals surface area (Å²) in [6, 6.07) is 0. The van der Waals surface area contributed by atoms with Gasteiger partial charge in [-0.2, -0.15) is 0 Å². The fourth-order valence-electron chi connectivity index (χ4n) is 0.470. The van der Waals surface area contributed by atoms with Crippen LogP contribution in [0.15, 0.2) is 0 Å². The number of hydrogen-bond acceptors (Lipinski definition) is 2. The lowest BCUT2D eigenvalue weighted by Gasteiger charge is -2.11. The third-order valence-corrected chi connectivity index (χ3v) is 0.754. The smallest absolute Gasteiger partial charge is 0.117 e. The molecule has 0 fully saturated rings. The number of alkyl halides is 1. The Balaban J connectivity index is 0. The van der Waals surface area contributed by atoms with Crippen LogP contribution in [0.2, 0.25) is 0 Å². The number of hydrogen-bond donors (Lipinski definition) is 1. The first-order chi connectivity index (χ1) is 4.66. The van der Waals surface area contributed by atoms with E-state index in [1.807, 2.05) is 13.8 Å².